The molecule has 1 unspecified atom stereocenters. The number of carbonyl (C=O) groups excluding carboxylic acids is 1. The van der Waals surface area contributed by atoms with Gasteiger partial charge >= 0.3 is 0 Å². The van der Waals surface area contributed by atoms with E-state index in [-0.39, 0.29) is 17.3 Å². The fourth-order valence-electron chi connectivity index (χ4n) is 2.07. The molecular formula is C12H13ClFNO. The van der Waals surface area contributed by atoms with Crippen LogP contribution in [0.25, 0.3) is 0 Å². The average molecular weight is 242 g/mol. The Balaban J connectivity index is 2.17. The number of carbonyl (C=O) groups is 1. The Labute approximate surface area is 98.8 Å². The molecule has 0 aliphatic carbocycles. The van der Waals surface area contributed by atoms with E-state index in [9.17, 15) is 9.18 Å². The minimum atomic E-state index is -0.339. The van der Waals surface area contributed by atoms with E-state index < -0.39 is 0 Å². The third kappa shape index (κ3) is 2.35. The molecule has 2 rings (SSSR count). The number of nitrogens with one attached hydrogen (secondary N) is 1. The minimum absolute atomic E-state index is 0.0701. The van der Waals surface area contributed by atoms with Crippen molar-refractivity contribution in [1.82, 2.24) is 5.32 Å². The number of hydrogen-bond donors (Lipinski definition) is 1. The fraction of sp³-hybridized carbons (Fsp3) is 0.417. The molecule has 1 saturated heterocycles. The van der Waals surface area contributed by atoms with Gasteiger partial charge in [0.05, 0.1) is 0 Å². The fourth-order valence-corrected chi connectivity index (χ4v) is 2.30. The van der Waals surface area contributed by atoms with Crippen LogP contribution in [0.2, 0.25) is 5.02 Å². The number of amides is 1. The molecule has 1 aliphatic rings. The van der Waals surface area contributed by atoms with Crippen molar-refractivity contribution in [2.45, 2.75) is 31.7 Å². The van der Waals surface area contributed by atoms with Crippen molar-refractivity contribution >= 4 is 17.5 Å². The van der Waals surface area contributed by atoms with Crippen LogP contribution in [0.15, 0.2) is 18.2 Å². The van der Waals surface area contributed by atoms with Gasteiger partial charge in [-0.2, -0.15) is 0 Å². The summed E-state index contributed by atoms with van der Waals surface area (Å²) in [6, 6.07) is 4.37. The highest BCUT2D eigenvalue weighted by atomic mass is 35.5. The quantitative estimate of drug-likeness (QED) is 0.848. The van der Waals surface area contributed by atoms with Crippen molar-refractivity contribution in [2.75, 3.05) is 0 Å². The lowest BCUT2D eigenvalue weighted by molar-refractivity contribution is -0.119. The van der Waals surface area contributed by atoms with Crippen LogP contribution in [0.5, 0.6) is 0 Å². The molecule has 1 N–H and O–H groups in total. The Morgan fingerprint density at radius 1 is 1.56 bits per heavy atom. The Kier molecular flexibility index (Phi) is 2.89. The van der Waals surface area contributed by atoms with Gasteiger partial charge in [0, 0.05) is 17.0 Å². The summed E-state index contributed by atoms with van der Waals surface area (Å²) in [5, 5.41) is 3.35. The molecule has 0 spiro atoms. The zero-order chi connectivity index (χ0) is 11.8. The van der Waals surface area contributed by atoms with Crippen LogP contribution in [0.3, 0.4) is 0 Å². The Morgan fingerprint density at radius 2 is 2.31 bits per heavy atom. The smallest absolute Gasteiger partial charge is 0.220 e. The highest BCUT2D eigenvalue weighted by Crippen LogP contribution is 2.27. The molecule has 4 heteroatoms. The second-order valence-corrected chi connectivity index (χ2v) is 4.93. The zero-order valence-electron chi connectivity index (χ0n) is 9.02. The molecule has 1 aliphatic heterocycles. The maximum atomic E-state index is 12.9. The van der Waals surface area contributed by atoms with Crippen LogP contribution in [-0.4, -0.2) is 11.4 Å². The van der Waals surface area contributed by atoms with Crippen molar-refractivity contribution in [3.05, 3.63) is 34.6 Å². The summed E-state index contributed by atoms with van der Waals surface area (Å²) in [5.41, 5.74) is 0.617. The van der Waals surface area contributed by atoms with Gasteiger partial charge in [0.1, 0.15) is 5.82 Å². The van der Waals surface area contributed by atoms with E-state index in [1.165, 1.54) is 12.1 Å². The lowest BCUT2D eigenvalue weighted by atomic mass is 9.91. The van der Waals surface area contributed by atoms with Crippen LogP contribution >= 0.6 is 11.6 Å². The van der Waals surface area contributed by atoms with E-state index in [1.54, 1.807) is 6.07 Å². The van der Waals surface area contributed by atoms with Crippen molar-refractivity contribution < 1.29 is 9.18 Å². The number of rotatable bonds is 2. The highest BCUT2D eigenvalue weighted by Gasteiger charge is 2.33. The molecular weight excluding hydrogens is 229 g/mol. The molecule has 1 fully saturated rings. The molecule has 0 saturated carbocycles. The lowest BCUT2D eigenvalue weighted by Crippen LogP contribution is -2.40. The van der Waals surface area contributed by atoms with Gasteiger partial charge in [-0.05, 0) is 37.5 Å². The summed E-state index contributed by atoms with van der Waals surface area (Å²) >= 11 is 5.95. The van der Waals surface area contributed by atoms with Gasteiger partial charge in [-0.3, -0.25) is 4.79 Å². The minimum Gasteiger partial charge on any atom is -0.351 e. The summed E-state index contributed by atoms with van der Waals surface area (Å²) in [5.74, 6) is -0.268. The Bertz CT molecular complexity index is 435. The van der Waals surface area contributed by atoms with Crippen molar-refractivity contribution in [2.24, 2.45) is 0 Å². The average Bonchev–Trinajstić information content (AvgIpc) is 2.52. The van der Waals surface area contributed by atoms with E-state index in [1.807, 2.05) is 6.92 Å². The summed E-state index contributed by atoms with van der Waals surface area (Å²) in [7, 11) is 0. The summed E-state index contributed by atoms with van der Waals surface area (Å²) in [6.45, 7) is 1.98. The molecule has 0 bridgehead atoms. The lowest BCUT2D eigenvalue weighted by Gasteiger charge is -2.24. The Morgan fingerprint density at radius 3 is 2.88 bits per heavy atom. The van der Waals surface area contributed by atoms with Crippen LogP contribution in [0, 0.1) is 5.82 Å². The topological polar surface area (TPSA) is 29.1 Å². The van der Waals surface area contributed by atoms with E-state index in [4.69, 9.17) is 11.6 Å². The van der Waals surface area contributed by atoms with E-state index in [0.717, 1.165) is 12.0 Å². The van der Waals surface area contributed by atoms with Crippen LogP contribution in [0.4, 0.5) is 4.39 Å². The highest BCUT2D eigenvalue weighted by molar-refractivity contribution is 6.31. The largest absolute Gasteiger partial charge is 0.351 e. The third-order valence-corrected chi connectivity index (χ3v) is 3.29. The first kappa shape index (κ1) is 11.4. The van der Waals surface area contributed by atoms with Crippen molar-refractivity contribution in [3.8, 4) is 0 Å². The first-order valence-electron chi connectivity index (χ1n) is 5.23. The molecule has 1 atom stereocenters. The zero-order valence-corrected chi connectivity index (χ0v) is 9.77. The predicted molar refractivity (Wildman–Crippen MR) is 60.9 cm³/mol. The van der Waals surface area contributed by atoms with E-state index >= 15 is 0 Å². The standard InChI is InChI=1S/C12H13ClFNO/c1-12(5-4-11(16)15-12)7-8-2-3-9(14)6-10(8)13/h2-3,6H,4-5,7H2,1H3,(H,15,16). The monoisotopic (exact) mass is 241 g/mol. The maximum Gasteiger partial charge on any atom is 0.220 e. The number of halogens is 2. The van der Waals surface area contributed by atoms with Gasteiger partial charge in [0.25, 0.3) is 0 Å². The first-order valence-corrected chi connectivity index (χ1v) is 5.61. The normalized spacial score (nSPS) is 24.6. The number of hydrogen-bond acceptors (Lipinski definition) is 1. The first-order chi connectivity index (χ1) is 7.48. The van der Waals surface area contributed by atoms with Crippen LogP contribution < -0.4 is 5.32 Å². The summed E-state index contributed by atoms with van der Waals surface area (Å²) < 4.78 is 12.9. The predicted octanol–water partition coefficient (Wildman–Crippen LogP) is 2.69. The molecule has 1 amide bonds. The molecule has 0 aromatic heterocycles. The van der Waals surface area contributed by atoms with Gasteiger partial charge in [-0.15, -0.1) is 0 Å². The van der Waals surface area contributed by atoms with Gasteiger partial charge in [0.2, 0.25) is 5.91 Å². The second kappa shape index (κ2) is 4.06. The molecule has 1 aromatic carbocycles. The molecule has 0 radical (unpaired) electrons. The molecule has 16 heavy (non-hydrogen) atoms. The van der Waals surface area contributed by atoms with Gasteiger partial charge in [-0.1, -0.05) is 17.7 Å². The van der Waals surface area contributed by atoms with Crippen LogP contribution in [0.1, 0.15) is 25.3 Å². The molecule has 86 valence electrons. The van der Waals surface area contributed by atoms with Gasteiger partial charge in [0.15, 0.2) is 0 Å². The third-order valence-electron chi connectivity index (χ3n) is 2.94. The van der Waals surface area contributed by atoms with Crippen molar-refractivity contribution in [1.29, 1.82) is 0 Å². The summed E-state index contributed by atoms with van der Waals surface area (Å²) in [4.78, 5) is 11.2. The maximum absolute atomic E-state index is 12.9. The molecule has 2 nitrogen and oxygen atoms in total. The summed E-state index contributed by atoms with van der Waals surface area (Å²) in [6.07, 6.45) is 1.98. The molecule has 1 heterocycles. The van der Waals surface area contributed by atoms with Gasteiger partial charge in [-0.25, -0.2) is 4.39 Å². The molecule has 1 aromatic rings. The number of benzene rings is 1. The van der Waals surface area contributed by atoms with Crippen LogP contribution in [-0.2, 0) is 11.2 Å². The van der Waals surface area contributed by atoms with E-state index in [0.29, 0.717) is 17.9 Å². The second-order valence-electron chi connectivity index (χ2n) is 4.52. The van der Waals surface area contributed by atoms with Crippen molar-refractivity contribution in [3.63, 3.8) is 0 Å². The van der Waals surface area contributed by atoms with E-state index in [2.05, 4.69) is 5.32 Å². The SMILES string of the molecule is CC1(Cc2ccc(F)cc2Cl)CCC(=O)N1. The van der Waals surface area contributed by atoms with Gasteiger partial charge < -0.3 is 5.32 Å². The Hall–Kier alpha value is -1.09.